The van der Waals surface area contributed by atoms with Crippen LogP contribution < -0.4 is 16.0 Å². The first-order valence-corrected chi connectivity index (χ1v) is 11.6. The number of hydrogen-bond donors (Lipinski definition) is 0. The molecule has 9 nitrogen and oxygen atoms in total. The van der Waals surface area contributed by atoms with E-state index in [-0.39, 0.29) is 48.0 Å². The van der Waals surface area contributed by atoms with Gasteiger partial charge in [0.15, 0.2) is 0 Å². The molecule has 1 aromatic carbocycles. The lowest BCUT2D eigenvalue weighted by molar-refractivity contribution is -0.146. The molecule has 34 heavy (non-hydrogen) atoms. The molecule has 2 heterocycles. The van der Waals surface area contributed by atoms with Crippen molar-refractivity contribution in [1.29, 1.82) is 0 Å². The van der Waals surface area contributed by atoms with Crippen molar-refractivity contribution in [3.63, 3.8) is 0 Å². The maximum absolute atomic E-state index is 13.1. The van der Waals surface area contributed by atoms with Crippen LogP contribution in [0, 0.1) is 11.8 Å². The van der Waals surface area contributed by atoms with E-state index in [2.05, 4.69) is 6.58 Å². The number of carbonyl (C=O) groups is 2. The van der Waals surface area contributed by atoms with Crippen molar-refractivity contribution in [2.75, 3.05) is 26.2 Å². The molecule has 0 N–H and O–H groups in total. The molecule has 0 spiro atoms. The van der Waals surface area contributed by atoms with Gasteiger partial charge in [0.1, 0.15) is 5.75 Å². The summed E-state index contributed by atoms with van der Waals surface area (Å²) in [6.07, 6.45) is 6.35. The minimum absolute atomic E-state index is 0.0204. The molecule has 0 saturated carbocycles. The SMILES string of the molecule is C=COc1ccc2c(c1)c(=O)n(C[C@H]1C=C[C@H](C(=O)N3CCN(CC)C(=O)C3)CC1)c(=O)n2C. The second kappa shape index (κ2) is 9.70. The average Bonchev–Trinajstić information content (AvgIpc) is 2.85. The van der Waals surface area contributed by atoms with Crippen LogP contribution in [0.15, 0.2) is 52.8 Å². The number of nitrogens with zero attached hydrogens (tertiary/aromatic N) is 4. The van der Waals surface area contributed by atoms with E-state index in [9.17, 15) is 19.2 Å². The van der Waals surface area contributed by atoms with Gasteiger partial charge in [-0.3, -0.25) is 23.5 Å². The van der Waals surface area contributed by atoms with Gasteiger partial charge in [0, 0.05) is 33.2 Å². The maximum Gasteiger partial charge on any atom is 0.331 e. The molecular weight excluding hydrogens is 436 g/mol. The Morgan fingerprint density at radius 1 is 1.18 bits per heavy atom. The maximum atomic E-state index is 13.1. The minimum Gasteiger partial charge on any atom is -0.466 e. The summed E-state index contributed by atoms with van der Waals surface area (Å²) in [5, 5.41) is 0.394. The number of allylic oxidation sites excluding steroid dienone is 1. The minimum atomic E-state index is -0.381. The lowest BCUT2D eigenvalue weighted by Crippen LogP contribution is -2.53. The lowest BCUT2D eigenvalue weighted by atomic mass is 9.87. The van der Waals surface area contributed by atoms with Crippen LogP contribution >= 0.6 is 0 Å². The highest BCUT2D eigenvalue weighted by Crippen LogP contribution is 2.25. The van der Waals surface area contributed by atoms with Crippen LogP contribution in [0.5, 0.6) is 5.75 Å². The summed E-state index contributed by atoms with van der Waals surface area (Å²) >= 11 is 0. The molecule has 2 atom stereocenters. The highest BCUT2D eigenvalue weighted by Gasteiger charge is 2.31. The van der Waals surface area contributed by atoms with E-state index in [1.165, 1.54) is 15.4 Å². The number of aryl methyl sites for hydroxylation is 1. The van der Waals surface area contributed by atoms with Gasteiger partial charge >= 0.3 is 5.69 Å². The normalized spacial score (nSPS) is 20.6. The van der Waals surface area contributed by atoms with E-state index < -0.39 is 0 Å². The smallest absolute Gasteiger partial charge is 0.331 e. The van der Waals surface area contributed by atoms with E-state index in [4.69, 9.17) is 4.74 Å². The predicted molar refractivity (Wildman–Crippen MR) is 128 cm³/mol. The number of hydrogen-bond acceptors (Lipinski definition) is 5. The molecule has 2 aromatic rings. The zero-order valence-electron chi connectivity index (χ0n) is 19.6. The van der Waals surface area contributed by atoms with Crippen LogP contribution in [0.4, 0.5) is 0 Å². The molecule has 4 rings (SSSR count). The van der Waals surface area contributed by atoms with Crippen LogP contribution in [0.3, 0.4) is 0 Å². The molecule has 1 fully saturated rings. The van der Waals surface area contributed by atoms with Crippen molar-refractivity contribution in [2.24, 2.45) is 18.9 Å². The number of piperazine rings is 1. The Morgan fingerprint density at radius 3 is 2.62 bits per heavy atom. The molecule has 9 heteroatoms. The summed E-state index contributed by atoms with van der Waals surface area (Å²) in [5.41, 5.74) is -0.217. The molecule has 0 unspecified atom stereocenters. The van der Waals surface area contributed by atoms with Gasteiger partial charge in [-0.05, 0) is 43.9 Å². The van der Waals surface area contributed by atoms with Crippen molar-refractivity contribution in [3.05, 3.63) is 64.0 Å². The number of fused-ring (bicyclic) bond motifs is 1. The van der Waals surface area contributed by atoms with E-state index in [1.54, 1.807) is 35.0 Å². The van der Waals surface area contributed by atoms with Crippen molar-refractivity contribution in [1.82, 2.24) is 18.9 Å². The summed E-state index contributed by atoms with van der Waals surface area (Å²) < 4.78 is 8.00. The van der Waals surface area contributed by atoms with Gasteiger partial charge in [-0.1, -0.05) is 18.7 Å². The van der Waals surface area contributed by atoms with Crippen LogP contribution in [0.2, 0.25) is 0 Å². The van der Waals surface area contributed by atoms with E-state index in [0.717, 1.165) is 0 Å². The summed E-state index contributed by atoms with van der Waals surface area (Å²) in [6.45, 7) is 7.59. The van der Waals surface area contributed by atoms with Gasteiger partial charge in [-0.15, -0.1) is 0 Å². The predicted octanol–water partition coefficient (Wildman–Crippen LogP) is 1.50. The Labute approximate surface area is 197 Å². The number of amides is 2. The second-order valence-corrected chi connectivity index (χ2v) is 8.78. The van der Waals surface area contributed by atoms with Crippen LogP contribution in [-0.2, 0) is 23.2 Å². The Bertz CT molecular complexity index is 1270. The topological polar surface area (TPSA) is 93.8 Å². The van der Waals surface area contributed by atoms with Crippen LogP contribution in [0.25, 0.3) is 10.9 Å². The third kappa shape index (κ3) is 4.42. The Morgan fingerprint density at radius 2 is 1.97 bits per heavy atom. The first kappa shape index (κ1) is 23.5. The molecule has 2 aliphatic rings. The number of ether oxygens (including phenoxy) is 1. The molecule has 0 bridgehead atoms. The van der Waals surface area contributed by atoms with Gasteiger partial charge in [0.25, 0.3) is 5.56 Å². The fourth-order valence-electron chi connectivity index (χ4n) is 4.76. The first-order chi connectivity index (χ1) is 16.3. The lowest BCUT2D eigenvalue weighted by Gasteiger charge is -2.35. The zero-order valence-corrected chi connectivity index (χ0v) is 19.6. The van der Waals surface area contributed by atoms with E-state index >= 15 is 0 Å². The highest BCUT2D eigenvalue weighted by molar-refractivity contribution is 5.88. The van der Waals surface area contributed by atoms with Gasteiger partial charge < -0.3 is 14.5 Å². The number of aromatic nitrogens is 2. The number of carbonyl (C=O) groups excluding carboxylic acids is 2. The molecule has 1 saturated heterocycles. The molecule has 1 aliphatic carbocycles. The Hall–Kier alpha value is -3.62. The molecule has 1 aliphatic heterocycles. The standard InChI is InChI=1S/C25H30N4O5/c1-4-27-12-13-28(16-22(27)30)23(31)18-8-6-17(7-9-18)15-29-24(32)20-14-19(34-5-2)10-11-21(20)26(3)25(29)33/h5-6,8,10-11,14,17-18H,2,4,7,9,12-13,15-16H2,1,3H3/t17-,18-/m0/s1. The molecule has 180 valence electrons. The largest absolute Gasteiger partial charge is 0.466 e. The average molecular weight is 467 g/mol. The van der Waals surface area contributed by atoms with E-state index in [0.29, 0.717) is 49.1 Å². The van der Waals surface area contributed by atoms with E-state index in [1.807, 2.05) is 19.1 Å². The summed E-state index contributed by atoms with van der Waals surface area (Å²) in [5.74, 6) is 0.0901. The van der Waals surface area contributed by atoms with Gasteiger partial charge in [0.05, 0.1) is 29.6 Å². The fourth-order valence-corrected chi connectivity index (χ4v) is 4.76. The summed E-state index contributed by atoms with van der Waals surface area (Å²) in [4.78, 5) is 54.5. The van der Waals surface area contributed by atoms with Crippen molar-refractivity contribution in [2.45, 2.75) is 26.3 Å². The van der Waals surface area contributed by atoms with Crippen molar-refractivity contribution >= 4 is 22.7 Å². The Balaban J connectivity index is 1.51. The third-order valence-electron chi connectivity index (χ3n) is 6.75. The quantitative estimate of drug-likeness (QED) is 0.475. The Kier molecular flexibility index (Phi) is 6.72. The highest BCUT2D eigenvalue weighted by atomic mass is 16.5. The van der Waals surface area contributed by atoms with Crippen LogP contribution in [-0.4, -0.2) is 56.9 Å². The number of likely N-dealkylation sites (N-methyl/N-ethyl adjacent to an activating group) is 1. The van der Waals surface area contributed by atoms with Gasteiger partial charge in [-0.25, -0.2) is 4.79 Å². The fraction of sp³-hybridized carbons (Fsp3) is 0.440. The summed E-state index contributed by atoms with van der Waals surface area (Å²) in [6, 6.07) is 4.98. The van der Waals surface area contributed by atoms with Gasteiger partial charge in [0.2, 0.25) is 11.8 Å². The number of benzene rings is 1. The molecule has 2 amide bonds. The van der Waals surface area contributed by atoms with Crippen LogP contribution in [0.1, 0.15) is 19.8 Å². The summed E-state index contributed by atoms with van der Waals surface area (Å²) in [7, 11) is 1.64. The van der Waals surface area contributed by atoms with Crippen molar-refractivity contribution in [3.8, 4) is 5.75 Å². The third-order valence-corrected chi connectivity index (χ3v) is 6.75. The first-order valence-electron chi connectivity index (χ1n) is 11.6. The zero-order chi connectivity index (χ0) is 24.4. The second-order valence-electron chi connectivity index (χ2n) is 8.78. The monoisotopic (exact) mass is 466 g/mol. The molecular formula is C25H30N4O5. The van der Waals surface area contributed by atoms with Crippen molar-refractivity contribution < 1.29 is 14.3 Å². The van der Waals surface area contributed by atoms with Gasteiger partial charge in [-0.2, -0.15) is 0 Å². The number of rotatable bonds is 6. The molecule has 1 aromatic heterocycles. The molecule has 0 radical (unpaired) electrons.